The van der Waals surface area contributed by atoms with Gasteiger partial charge in [0.15, 0.2) is 0 Å². The number of carbonyl (C=O) groups is 1. The molecule has 6 rings (SSSR count). The molecule has 38 heavy (non-hydrogen) atoms. The maximum absolute atomic E-state index is 13.0. The van der Waals surface area contributed by atoms with E-state index in [1.54, 1.807) is 6.20 Å². The first kappa shape index (κ1) is 25.8. The zero-order valence-electron chi connectivity index (χ0n) is 21.8. The van der Waals surface area contributed by atoms with Crippen LogP contribution in [-0.2, 0) is 15.3 Å². The lowest BCUT2D eigenvalue weighted by molar-refractivity contribution is 0.0868. The normalized spacial score (nSPS) is 31.3. The quantitative estimate of drug-likeness (QED) is 0.534. The highest BCUT2D eigenvalue weighted by atomic mass is 32.2. The molecule has 2 aliphatic carbocycles. The van der Waals surface area contributed by atoms with Crippen LogP contribution in [0.1, 0.15) is 67.3 Å². The van der Waals surface area contributed by atoms with E-state index < -0.39 is 9.84 Å². The summed E-state index contributed by atoms with van der Waals surface area (Å²) in [6.45, 7) is 2.07. The van der Waals surface area contributed by atoms with Crippen LogP contribution in [0, 0.1) is 5.92 Å². The van der Waals surface area contributed by atoms with Crippen LogP contribution in [0.5, 0.6) is 0 Å². The minimum Gasteiger partial charge on any atom is -0.393 e. The number of rotatable bonds is 5. The molecule has 0 radical (unpaired) electrons. The van der Waals surface area contributed by atoms with Crippen LogP contribution in [0.25, 0.3) is 11.1 Å². The minimum atomic E-state index is -2.85. The van der Waals surface area contributed by atoms with Gasteiger partial charge in [-0.3, -0.25) is 9.69 Å². The fraction of sp³-hybridized carbons (Fsp3) is 0.586. The molecule has 2 saturated heterocycles. The van der Waals surface area contributed by atoms with Crippen molar-refractivity contribution in [1.29, 1.82) is 0 Å². The molecule has 8 nitrogen and oxygen atoms in total. The number of nitrogen functional groups attached to an aromatic ring is 1. The molecule has 1 aromatic carbocycles. The number of aliphatic hydroxyl groups excluding tert-OH is 1. The van der Waals surface area contributed by atoms with Crippen molar-refractivity contribution < 1.29 is 18.3 Å². The van der Waals surface area contributed by atoms with Gasteiger partial charge in [-0.25, -0.2) is 13.4 Å². The van der Waals surface area contributed by atoms with Crippen molar-refractivity contribution in [2.24, 2.45) is 5.92 Å². The van der Waals surface area contributed by atoms with Gasteiger partial charge in [-0.05, 0) is 74.5 Å². The number of amides is 1. The molecule has 2 saturated carbocycles. The van der Waals surface area contributed by atoms with Gasteiger partial charge >= 0.3 is 0 Å². The first-order valence-corrected chi connectivity index (χ1v) is 15.8. The second kappa shape index (κ2) is 9.92. The molecular formula is C29H38N4O4S. The van der Waals surface area contributed by atoms with Crippen molar-refractivity contribution in [2.45, 2.75) is 75.0 Å². The number of anilines is 1. The summed E-state index contributed by atoms with van der Waals surface area (Å²) >= 11 is 0. The molecule has 2 atom stereocenters. The number of hydrogen-bond donors (Lipinski definition) is 3. The minimum absolute atomic E-state index is 0.0481. The van der Waals surface area contributed by atoms with Gasteiger partial charge < -0.3 is 16.2 Å². The molecule has 2 aliphatic heterocycles. The van der Waals surface area contributed by atoms with Crippen LogP contribution in [0.3, 0.4) is 0 Å². The average Bonchev–Trinajstić information content (AvgIpc) is 3.16. The number of benzene rings is 1. The molecule has 0 bridgehead atoms. The van der Waals surface area contributed by atoms with Crippen LogP contribution in [-0.4, -0.2) is 72.1 Å². The highest BCUT2D eigenvalue weighted by Gasteiger charge is 2.55. The molecule has 3 heterocycles. The summed E-state index contributed by atoms with van der Waals surface area (Å²) in [6, 6.07) is 10.9. The Hall–Kier alpha value is -2.49. The maximum Gasteiger partial charge on any atom is 0.255 e. The summed E-state index contributed by atoms with van der Waals surface area (Å²) in [5.74, 6) is 1.27. The Morgan fingerprint density at radius 1 is 1.03 bits per heavy atom. The van der Waals surface area contributed by atoms with E-state index in [4.69, 9.17) is 5.73 Å². The van der Waals surface area contributed by atoms with Gasteiger partial charge in [0.05, 0.1) is 23.2 Å². The standard InChI is InChI=1S/C29H38N4O4S/c30-27-26(28(35)32-23-5-7-25(34)8-6-23)15-20(16-31-27)19-1-3-21(4-2-19)29-12-9-22(29)17-33(18-29)24-10-13-38(36,37)14-11-24/h1-4,15-16,22-25,34H,5-14,17-18H2,(H2,30,31)(H,32,35)/t22-,23-,25-,29+/m1/s1. The van der Waals surface area contributed by atoms with E-state index in [1.807, 2.05) is 6.07 Å². The average molecular weight is 539 g/mol. The van der Waals surface area contributed by atoms with Gasteiger partial charge in [0.2, 0.25) is 0 Å². The van der Waals surface area contributed by atoms with E-state index in [9.17, 15) is 18.3 Å². The van der Waals surface area contributed by atoms with E-state index in [1.165, 1.54) is 18.4 Å². The van der Waals surface area contributed by atoms with Gasteiger partial charge in [0.1, 0.15) is 15.7 Å². The topological polar surface area (TPSA) is 126 Å². The fourth-order valence-corrected chi connectivity index (χ4v) is 8.63. The molecule has 4 fully saturated rings. The molecule has 1 amide bonds. The first-order chi connectivity index (χ1) is 18.2. The molecule has 9 heteroatoms. The lowest BCUT2D eigenvalue weighted by Crippen LogP contribution is -2.44. The largest absolute Gasteiger partial charge is 0.393 e. The van der Waals surface area contributed by atoms with Crippen molar-refractivity contribution in [3.8, 4) is 11.1 Å². The predicted molar refractivity (Wildman–Crippen MR) is 147 cm³/mol. The number of aromatic nitrogens is 1. The molecule has 1 aromatic heterocycles. The number of fused-ring (bicyclic) bond motifs is 1. The number of nitrogens with zero attached hydrogens (tertiary/aromatic N) is 2. The van der Waals surface area contributed by atoms with Gasteiger partial charge in [0.25, 0.3) is 5.91 Å². The van der Waals surface area contributed by atoms with E-state index in [2.05, 4.69) is 39.5 Å². The van der Waals surface area contributed by atoms with Crippen molar-refractivity contribution >= 4 is 21.6 Å². The lowest BCUT2D eigenvalue weighted by atomic mass is 9.58. The van der Waals surface area contributed by atoms with Gasteiger partial charge in [-0.1, -0.05) is 24.3 Å². The van der Waals surface area contributed by atoms with E-state index in [0.29, 0.717) is 41.9 Å². The monoisotopic (exact) mass is 538 g/mol. The number of nitrogens with two attached hydrogens (primary N) is 1. The Kier molecular flexibility index (Phi) is 6.73. The molecule has 204 valence electrons. The predicted octanol–water partition coefficient (Wildman–Crippen LogP) is 2.90. The Bertz CT molecular complexity index is 1290. The third kappa shape index (κ3) is 4.84. The summed E-state index contributed by atoms with van der Waals surface area (Å²) < 4.78 is 23.8. The molecule has 2 aromatic rings. The lowest BCUT2D eigenvalue weighted by Gasteiger charge is -2.45. The summed E-state index contributed by atoms with van der Waals surface area (Å²) in [7, 11) is -2.85. The number of pyridine rings is 1. The van der Waals surface area contributed by atoms with Crippen LogP contribution in [0.2, 0.25) is 0 Å². The van der Waals surface area contributed by atoms with Crippen molar-refractivity contribution in [3.05, 3.63) is 47.7 Å². The van der Waals surface area contributed by atoms with Crippen molar-refractivity contribution in [2.75, 3.05) is 30.3 Å². The Morgan fingerprint density at radius 3 is 2.39 bits per heavy atom. The molecule has 4 N–H and O–H groups in total. The number of nitrogens with one attached hydrogen (secondary N) is 1. The Balaban J connectivity index is 1.15. The molecule has 0 spiro atoms. The van der Waals surface area contributed by atoms with Crippen LogP contribution in [0.4, 0.5) is 5.82 Å². The maximum atomic E-state index is 13.0. The summed E-state index contributed by atoms with van der Waals surface area (Å²) in [6.07, 6.45) is 8.30. The van der Waals surface area contributed by atoms with Crippen molar-refractivity contribution in [1.82, 2.24) is 15.2 Å². The highest BCUT2D eigenvalue weighted by Crippen LogP contribution is 2.54. The van der Waals surface area contributed by atoms with E-state index in [0.717, 1.165) is 49.9 Å². The summed E-state index contributed by atoms with van der Waals surface area (Å²) in [5.41, 5.74) is 9.83. The SMILES string of the molecule is Nc1ncc(-c2ccc([C@@]34CC[C@@H]3CN(C3CCS(=O)(=O)CC3)C4)cc2)cc1C(=O)N[C@H]1CC[C@H](O)CC1. The zero-order chi connectivity index (χ0) is 26.5. The van der Waals surface area contributed by atoms with Crippen LogP contribution >= 0.6 is 0 Å². The first-order valence-electron chi connectivity index (χ1n) is 14.0. The number of sulfone groups is 1. The molecule has 4 aliphatic rings. The number of hydrogen-bond acceptors (Lipinski definition) is 7. The second-order valence-electron chi connectivity index (χ2n) is 11.9. The zero-order valence-corrected chi connectivity index (χ0v) is 22.6. The smallest absolute Gasteiger partial charge is 0.255 e. The van der Waals surface area contributed by atoms with Crippen LogP contribution in [0.15, 0.2) is 36.5 Å². The van der Waals surface area contributed by atoms with Gasteiger partial charge in [0, 0.05) is 42.3 Å². The number of carbonyl (C=O) groups excluding carboxylic acids is 1. The molecule has 0 unspecified atom stereocenters. The summed E-state index contributed by atoms with van der Waals surface area (Å²) in [4.78, 5) is 19.9. The highest BCUT2D eigenvalue weighted by molar-refractivity contribution is 7.91. The molecular weight excluding hydrogens is 500 g/mol. The number of likely N-dealkylation sites (tertiary alicyclic amines) is 1. The third-order valence-electron chi connectivity index (χ3n) is 9.69. The van der Waals surface area contributed by atoms with Gasteiger partial charge in [-0.2, -0.15) is 0 Å². The Labute approximate surface area is 224 Å². The van der Waals surface area contributed by atoms with E-state index in [-0.39, 0.29) is 29.3 Å². The van der Waals surface area contributed by atoms with Crippen LogP contribution < -0.4 is 11.1 Å². The van der Waals surface area contributed by atoms with Gasteiger partial charge in [-0.15, -0.1) is 0 Å². The number of aliphatic hydroxyl groups is 1. The second-order valence-corrected chi connectivity index (χ2v) is 14.2. The summed E-state index contributed by atoms with van der Waals surface area (Å²) in [5, 5.41) is 12.8. The van der Waals surface area contributed by atoms with Crippen molar-refractivity contribution in [3.63, 3.8) is 0 Å². The Morgan fingerprint density at radius 2 is 1.74 bits per heavy atom. The van der Waals surface area contributed by atoms with E-state index >= 15 is 0 Å². The third-order valence-corrected chi connectivity index (χ3v) is 11.4. The fourth-order valence-electron chi connectivity index (χ4n) is 7.17.